The number of quaternary nitrogens is 1. The van der Waals surface area contributed by atoms with Crippen LogP contribution in [0.3, 0.4) is 0 Å². The zero-order valence-electron chi connectivity index (χ0n) is 19.1. The van der Waals surface area contributed by atoms with Gasteiger partial charge >= 0.3 is 0 Å². The lowest BCUT2D eigenvalue weighted by atomic mass is 9.64. The van der Waals surface area contributed by atoms with Gasteiger partial charge in [0.15, 0.2) is 0 Å². The summed E-state index contributed by atoms with van der Waals surface area (Å²) < 4.78 is 0.961. The van der Waals surface area contributed by atoms with Crippen LogP contribution in [0.2, 0.25) is 5.02 Å². The third kappa shape index (κ3) is 4.98. The molecule has 1 aliphatic heterocycles. The minimum atomic E-state index is -0.815. The summed E-state index contributed by atoms with van der Waals surface area (Å²) in [5.74, 6) is 0.925. The number of benzene rings is 3. The molecule has 3 aromatic carbocycles. The third-order valence-electron chi connectivity index (χ3n) is 7.07. The molecule has 0 aromatic heterocycles. The average molecular weight is 480 g/mol. The monoisotopic (exact) mass is 479 g/mol. The van der Waals surface area contributed by atoms with Crippen molar-refractivity contribution in [1.82, 2.24) is 0 Å². The number of carbonyl (C=O) groups excluding carboxylic acids is 1. The van der Waals surface area contributed by atoms with Crippen molar-refractivity contribution in [2.24, 2.45) is 11.7 Å². The molecule has 0 spiro atoms. The Morgan fingerprint density at radius 1 is 1.00 bits per heavy atom. The second-order valence-electron chi connectivity index (χ2n) is 9.27. The maximum atomic E-state index is 13.3. The molecule has 5 heteroatoms. The van der Waals surface area contributed by atoms with Gasteiger partial charge in [-0.15, -0.1) is 11.8 Å². The Hall–Kier alpha value is -2.27. The van der Waals surface area contributed by atoms with Crippen LogP contribution >= 0.6 is 23.4 Å². The van der Waals surface area contributed by atoms with Gasteiger partial charge in [0.25, 0.3) is 0 Å². The van der Waals surface area contributed by atoms with Crippen molar-refractivity contribution in [3.63, 3.8) is 0 Å². The molecule has 1 unspecified atom stereocenters. The molecule has 4 rings (SSSR count). The highest BCUT2D eigenvalue weighted by molar-refractivity contribution is 7.99. The van der Waals surface area contributed by atoms with Crippen LogP contribution in [0.1, 0.15) is 24.0 Å². The van der Waals surface area contributed by atoms with Crippen molar-refractivity contribution in [3.8, 4) is 0 Å². The fraction of sp³-hybridized carbons (Fsp3) is 0.321. The topological polar surface area (TPSA) is 43.1 Å². The molecular formula is C28H32ClN2OS+. The maximum absolute atomic E-state index is 13.3. The van der Waals surface area contributed by atoms with E-state index in [1.165, 1.54) is 0 Å². The number of amides is 1. The smallest absolute Gasteiger partial charge is 0.233 e. The largest absolute Gasteiger partial charge is 0.369 e. The number of hydrogen-bond acceptors (Lipinski definition) is 2. The van der Waals surface area contributed by atoms with Crippen LogP contribution in [0, 0.1) is 5.92 Å². The van der Waals surface area contributed by atoms with Gasteiger partial charge in [-0.2, -0.15) is 0 Å². The summed E-state index contributed by atoms with van der Waals surface area (Å²) in [7, 11) is 2.32. The van der Waals surface area contributed by atoms with E-state index < -0.39 is 5.41 Å². The zero-order chi connectivity index (χ0) is 23.3. The van der Waals surface area contributed by atoms with Crippen LogP contribution < -0.4 is 5.73 Å². The van der Waals surface area contributed by atoms with E-state index in [0.717, 1.165) is 63.8 Å². The van der Waals surface area contributed by atoms with Crippen molar-refractivity contribution in [2.75, 3.05) is 32.4 Å². The Morgan fingerprint density at radius 3 is 2.15 bits per heavy atom. The van der Waals surface area contributed by atoms with Crippen molar-refractivity contribution in [3.05, 3.63) is 101 Å². The van der Waals surface area contributed by atoms with E-state index in [1.54, 1.807) is 0 Å². The first-order chi connectivity index (χ1) is 16.0. The lowest BCUT2D eigenvalue weighted by Crippen LogP contribution is -2.51. The van der Waals surface area contributed by atoms with Crippen molar-refractivity contribution >= 4 is 29.3 Å². The number of thioether (sulfide) groups is 1. The minimum absolute atomic E-state index is 0.154. The van der Waals surface area contributed by atoms with Crippen LogP contribution in [0.15, 0.2) is 89.8 Å². The molecule has 1 aliphatic rings. The maximum Gasteiger partial charge on any atom is 0.233 e. The molecular weight excluding hydrogens is 448 g/mol. The van der Waals surface area contributed by atoms with E-state index in [1.807, 2.05) is 66.4 Å². The second-order valence-corrected chi connectivity index (χ2v) is 10.8. The highest BCUT2D eigenvalue weighted by Crippen LogP contribution is 2.45. The molecule has 0 bridgehead atoms. The number of carbonyl (C=O) groups is 1. The Kier molecular flexibility index (Phi) is 7.48. The fourth-order valence-electron chi connectivity index (χ4n) is 5.45. The summed E-state index contributed by atoms with van der Waals surface area (Å²) in [5, 5.41) is 0.820. The fourth-order valence-corrected chi connectivity index (χ4v) is 6.63. The SMILES string of the molecule is C[N+]1(CCCSc2ccccc2Cl)CC[C@@H](C(C(N)=O)(c2ccccc2)c2ccccc2)C1. The molecule has 0 saturated carbocycles. The Bertz CT molecular complexity index is 1040. The van der Waals surface area contributed by atoms with Gasteiger partial charge in [0, 0.05) is 29.4 Å². The molecule has 3 aromatic rings. The summed E-state index contributed by atoms with van der Waals surface area (Å²) in [4.78, 5) is 14.4. The lowest BCUT2D eigenvalue weighted by molar-refractivity contribution is -0.899. The second kappa shape index (κ2) is 10.3. The lowest BCUT2D eigenvalue weighted by Gasteiger charge is -2.38. The van der Waals surface area contributed by atoms with Gasteiger partial charge in [-0.3, -0.25) is 4.79 Å². The molecule has 33 heavy (non-hydrogen) atoms. The molecule has 2 N–H and O–H groups in total. The van der Waals surface area contributed by atoms with E-state index in [9.17, 15) is 4.79 Å². The Morgan fingerprint density at radius 2 is 1.58 bits per heavy atom. The van der Waals surface area contributed by atoms with Crippen LogP contribution in [-0.2, 0) is 10.2 Å². The molecule has 0 radical (unpaired) electrons. The summed E-state index contributed by atoms with van der Waals surface area (Å²) in [6, 6.07) is 28.2. The summed E-state index contributed by atoms with van der Waals surface area (Å²) in [6.07, 6.45) is 2.07. The Labute approximate surface area is 206 Å². The molecule has 1 amide bonds. The standard InChI is InChI=1S/C28H31ClN2OS/c1-31(18-10-20-33-26-16-9-8-15-25(26)29)19-17-24(21-31)28(27(30)32,22-11-4-2-5-12-22)23-13-6-3-7-14-23/h2-9,11-16,24H,10,17-21H2,1H3,(H-,30,32)/p+1/t24-,31?/m1/s1. The van der Waals surface area contributed by atoms with Crippen LogP contribution in [0.25, 0.3) is 0 Å². The highest BCUT2D eigenvalue weighted by atomic mass is 35.5. The van der Waals surface area contributed by atoms with Gasteiger partial charge in [0.2, 0.25) is 5.91 Å². The van der Waals surface area contributed by atoms with Crippen molar-refractivity contribution < 1.29 is 9.28 Å². The van der Waals surface area contributed by atoms with E-state index in [2.05, 4.69) is 37.4 Å². The van der Waals surface area contributed by atoms with Gasteiger partial charge in [-0.05, 0) is 23.3 Å². The number of rotatable bonds is 9. The number of nitrogens with two attached hydrogens (primary N) is 1. The molecule has 2 atom stereocenters. The number of hydrogen-bond donors (Lipinski definition) is 1. The number of likely N-dealkylation sites (tertiary alicyclic amines) is 1. The highest BCUT2D eigenvalue weighted by Gasteiger charge is 2.53. The summed E-state index contributed by atoms with van der Waals surface area (Å²) >= 11 is 8.12. The zero-order valence-corrected chi connectivity index (χ0v) is 20.7. The van der Waals surface area contributed by atoms with Gasteiger partial charge < -0.3 is 10.2 Å². The van der Waals surface area contributed by atoms with Gasteiger partial charge in [-0.1, -0.05) is 84.4 Å². The Balaban J connectivity index is 1.53. The molecule has 1 heterocycles. The molecule has 0 aliphatic carbocycles. The first kappa shape index (κ1) is 23.9. The summed E-state index contributed by atoms with van der Waals surface area (Å²) in [6.45, 7) is 3.06. The quantitative estimate of drug-likeness (QED) is 0.241. The molecule has 1 saturated heterocycles. The third-order valence-corrected chi connectivity index (χ3v) is 8.68. The predicted octanol–water partition coefficient (Wildman–Crippen LogP) is 5.76. The molecule has 172 valence electrons. The predicted molar refractivity (Wildman–Crippen MR) is 139 cm³/mol. The first-order valence-electron chi connectivity index (χ1n) is 11.6. The van der Waals surface area contributed by atoms with Crippen molar-refractivity contribution in [1.29, 1.82) is 0 Å². The normalized spacial score (nSPS) is 20.6. The van der Waals surface area contributed by atoms with E-state index in [0.29, 0.717) is 0 Å². The van der Waals surface area contributed by atoms with Crippen LogP contribution in [0.5, 0.6) is 0 Å². The molecule has 3 nitrogen and oxygen atoms in total. The number of halogens is 1. The van der Waals surface area contributed by atoms with E-state index >= 15 is 0 Å². The van der Waals surface area contributed by atoms with Gasteiger partial charge in [0.1, 0.15) is 5.41 Å². The van der Waals surface area contributed by atoms with E-state index in [-0.39, 0.29) is 11.8 Å². The van der Waals surface area contributed by atoms with Gasteiger partial charge in [0.05, 0.1) is 31.7 Å². The first-order valence-corrected chi connectivity index (χ1v) is 12.9. The van der Waals surface area contributed by atoms with Crippen molar-refractivity contribution in [2.45, 2.75) is 23.2 Å². The van der Waals surface area contributed by atoms with E-state index in [4.69, 9.17) is 17.3 Å². The van der Waals surface area contributed by atoms with Gasteiger partial charge in [-0.25, -0.2) is 0 Å². The average Bonchev–Trinajstić information content (AvgIpc) is 3.22. The minimum Gasteiger partial charge on any atom is -0.369 e. The number of nitrogens with zero attached hydrogens (tertiary/aromatic N) is 1. The summed E-state index contributed by atoms with van der Waals surface area (Å²) in [5.41, 5.74) is 7.42. The van der Waals surface area contributed by atoms with Crippen LogP contribution in [0.4, 0.5) is 0 Å². The molecule has 1 fully saturated rings. The van der Waals surface area contributed by atoms with Crippen LogP contribution in [-0.4, -0.2) is 42.8 Å². The number of primary amides is 1.